The molecule has 0 spiro atoms. The molecule has 2 aromatic rings. The van der Waals surface area contributed by atoms with Crippen LogP contribution >= 0.6 is 0 Å². The molecule has 31 heavy (non-hydrogen) atoms. The molecule has 1 aromatic heterocycles. The molecule has 3 atom stereocenters. The van der Waals surface area contributed by atoms with Gasteiger partial charge in [0, 0.05) is 34.6 Å². The number of piperidine rings is 1. The number of aromatic amines is 1. The van der Waals surface area contributed by atoms with Gasteiger partial charge in [-0.2, -0.15) is 0 Å². The monoisotopic (exact) mass is 430 g/mol. The number of rotatable bonds is 8. The van der Waals surface area contributed by atoms with Crippen molar-refractivity contribution in [2.75, 3.05) is 11.9 Å². The third-order valence-electron chi connectivity index (χ3n) is 5.45. The van der Waals surface area contributed by atoms with Gasteiger partial charge >= 0.3 is 0 Å². The van der Waals surface area contributed by atoms with Crippen LogP contribution in [0, 0.1) is 0 Å². The Morgan fingerprint density at radius 2 is 2.06 bits per heavy atom. The topological polar surface area (TPSA) is 183 Å². The van der Waals surface area contributed by atoms with Crippen LogP contribution in [-0.4, -0.2) is 45.2 Å². The lowest BCUT2D eigenvalue weighted by Crippen LogP contribution is -2.46. The summed E-state index contributed by atoms with van der Waals surface area (Å²) < 4.78 is 0. The highest BCUT2D eigenvalue weighted by Gasteiger charge is 2.31. The summed E-state index contributed by atoms with van der Waals surface area (Å²) in [6, 6.07) is 5.05. The first-order chi connectivity index (χ1) is 14.9. The van der Waals surface area contributed by atoms with Crippen LogP contribution in [0.3, 0.4) is 0 Å². The number of amides is 1. The zero-order chi connectivity index (χ0) is 22.4. The van der Waals surface area contributed by atoms with Crippen molar-refractivity contribution in [1.29, 1.82) is 0 Å². The van der Waals surface area contributed by atoms with E-state index in [1.165, 1.54) is 0 Å². The fourth-order valence-corrected chi connectivity index (χ4v) is 3.93. The van der Waals surface area contributed by atoms with Crippen molar-refractivity contribution < 1.29 is 20.1 Å². The SMILES string of the molecule is [N-]=[N+]=NCCCCCC(=O)Nc1c(=O)[nH]c(O)c2cccc(C3CCC(O)NC3O)c12. The molecule has 6 N–H and O–H groups in total. The predicted octanol–water partition coefficient (Wildman–Crippen LogP) is 2.15. The highest BCUT2D eigenvalue weighted by molar-refractivity contribution is 6.05. The Kier molecular flexibility index (Phi) is 7.48. The van der Waals surface area contributed by atoms with Gasteiger partial charge in [0.25, 0.3) is 5.56 Å². The first-order valence-corrected chi connectivity index (χ1v) is 10.2. The zero-order valence-corrected chi connectivity index (χ0v) is 16.9. The second kappa shape index (κ2) is 10.3. The van der Waals surface area contributed by atoms with Gasteiger partial charge in [-0.05, 0) is 42.8 Å². The van der Waals surface area contributed by atoms with E-state index in [9.17, 15) is 24.9 Å². The number of nitrogens with zero attached hydrogens (tertiary/aromatic N) is 3. The van der Waals surface area contributed by atoms with E-state index in [1.54, 1.807) is 18.2 Å². The number of nitrogens with one attached hydrogen (secondary N) is 3. The number of unbranched alkanes of at least 4 members (excludes halogenated alkanes) is 2. The quantitative estimate of drug-likeness (QED) is 0.161. The van der Waals surface area contributed by atoms with Gasteiger partial charge in [-0.1, -0.05) is 23.7 Å². The van der Waals surface area contributed by atoms with Crippen molar-refractivity contribution >= 4 is 22.4 Å². The van der Waals surface area contributed by atoms with Crippen LogP contribution in [0.25, 0.3) is 21.2 Å². The van der Waals surface area contributed by atoms with Crippen LogP contribution in [0.1, 0.15) is 50.0 Å². The van der Waals surface area contributed by atoms with Crippen LogP contribution in [-0.2, 0) is 4.79 Å². The fourth-order valence-electron chi connectivity index (χ4n) is 3.93. The molecule has 1 aliphatic rings. The highest BCUT2D eigenvalue weighted by atomic mass is 16.3. The smallest absolute Gasteiger partial charge is 0.275 e. The minimum Gasteiger partial charge on any atom is -0.494 e. The average molecular weight is 430 g/mol. The van der Waals surface area contributed by atoms with Crippen molar-refractivity contribution in [2.45, 2.75) is 56.9 Å². The van der Waals surface area contributed by atoms with Crippen molar-refractivity contribution in [3.05, 3.63) is 44.6 Å². The summed E-state index contributed by atoms with van der Waals surface area (Å²) in [5, 5.41) is 39.9. The first kappa shape index (κ1) is 22.6. The summed E-state index contributed by atoms with van der Waals surface area (Å²) in [7, 11) is 0. The van der Waals surface area contributed by atoms with Gasteiger partial charge in [-0.25, -0.2) is 0 Å². The second-order valence-corrected chi connectivity index (χ2v) is 7.57. The van der Waals surface area contributed by atoms with Crippen molar-refractivity contribution in [3.8, 4) is 5.88 Å². The number of carbonyl (C=O) groups excluding carboxylic acids is 1. The minimum atomic E-state index is -1.05. The Labute approximate surface area is 177 Å². The van der Waals surface area contributed by atoms with Crippen molar-refractivity contribution in [3.63, 3.8) is 0 Å². The number of anilines is 1. The van der Waals surface area contributed by atoms with Crippen LogP contribution < -0.4 is 16.2 Å². The largest absolute Gasteiger partial charge is 0.494 e. The van der Waals surface area contributed by atoms with Gasteiger partial charge in [0.2, 0.25) is 5.91 Å². The van der Waals surface area contributed by atoms with E-state index >= 15 is 0 Å². The molecule has 0 saturated carbocycles. The highest BCUT2D eigenvalue weighted by Crippen LogP contribution is 2.37. The molecule has 2 heterocycles. The van der Waals surface area contributed by atoms with Crippen LogP contribution in [0.5, 0.6) is 5.88 Å². The van der Waals surface area contributed by atoms with E-state index < -0.39 is 23.9 Å². The average Bonchev–Trinajstić information content (AvgIpc) is 2.73. The molecule has 0 bridgehead atoms. The number of azide groups is 1. The molecule has 11 nitrogen and oxygen atoms in total. The first-order valence-electron chi connectivity index (χ1n) is 10.2. The number of aromatic hydroxyl groups is 1. The van der Waals surface area contributed by atoms with E-state index in [4.69, 9.17) is 5.53 Å². The molecule has 0 radical (unpaired) electrons. The van der Waals surface area contributed by atoms with Gasteiger partial charge in [0.1, 0.15) is 18.1 Å². The zero-order valence-electron chi connectivity index (χ0n) is 16.9. The summed E-state index contributed by atoms with van der Waals surface area (Å²) >= 11 is 0. The van der Waals surface area contributed by atoms with Crippen LogP contribution in [0.4, 0.5) is 5.69 Å². The van der Waals surface area contributed by atoms with E-state index in [2.05, 4.69) is 25.6 Å². The number of fused-ring (bicyclic) bond motifs is 1. The van der Waals surface area contributed by atoms with Gasteiger partial charge < -0.3 is 20.6 Å². The lowest BCUT2D eigenvalue weighted by Gasteiger charge is -2.33. The Bertz CT molecular complexity index is 1050. The molecule has 1 saturated heterocycles. The molecular weight excluding hydrogens is 404 g/mol. The summed E-state index contributed by atoms with van der Waals surface area (Å²) in [5.74, 6) is -1.12. The van der Waals surface area contributed by atoms with E-state index in [0.29, 0.717) is 55.0 Å². The Hall–Kier alpha value is -3.11. The molecule has 11 heteroatoms. The molecule has 1 aromatic carbocycles. The maximum atomic E-state index is 12.6. The Morgan fingerprint density at radius 1 is 1.26 bits per heavy atom. The molecule has 1 amide bonds. The third kappa shape index (κ3) is 5.33. The molecule has 166 valence electrons. The summed E-state index contributed by atoms with van der Waals surface area (Å²) in [6.07, 6.45) is 1.11. The number of pyridine rings is 1. The van der Waals surface area contributed by atoms with E-state index in [-0.39, 0.29) is 23.9 Å². The van der Waals surface area contributed by atoms with Gasteiger partial charge in [0.15, 0.2) is 5.88 Å². The van der Waals surface area contributed by atoms with Crippen LogP contribution in [0.15, 0.2) is 28.1 Å². The number of aliphatic hydroxyl groups excluding tert-OH is 2. The summed E-state index contributed by atoms with van der Waals surface area (Å²) in [5.41, 5.74) is 8.23. The van der Waals surface area contributed by atoms with Gasteiger partial charge in [-0.15, -0.1) is 0 Å². The Morgan fingerprint density at radius 3 is 2.81 bits per heavy atom. The standard InChI is InChI=1S/C20H26N6O5/c21-26-22-10-3-1-2-7-14(27)23-17-16-11(12-8-9-15(28)24-18(12)29)5-4-6-13(16)19(30)25-20(17)31/h4-6,12,15,18,24,28-29H,1-3,7-10H2,(H,23,27)(H2,25,30,31). The van der Waals surface area contributed by atoms with Crippen LogP contribution in [0.2, 0.25) is 0 Å². The maximum Gasteiger partial charge on any atom is 0.275 e. The molecular formula is C20H26N6O5. The Balaban J connectivity index is 1.88. The summed E-state index contributed by atoms with van der Waals surface area (Å²) in [6.45, 7) is 0.371. The normalized spacial score (nSPS) is 20.9. The minimum absolute atomic E-state index is 0.0146. The molecule has 3 rings (SSSR count). The number of benzene rings is 1. The number of aromatic nitrogens is 1. The lowest BCUT2D eigenvalue weighted by molar-refractivity contribution is -0.116. The molecule has 1 aliphatic heterocycles. The summed E-state index contributed by atoms with van der Waals surface area (Å²) in [4.78, 5) is 30.1. The second-order valence-electron chi connectivity index (χ2n) is 7.57. The number of hydrogen-bond donors (Lipinski definition) is 6. The number of hydrogen-bond acceptors (Lipinski definition) is 7. The predicted molar refractivity (Wildman–Crippen MR) is 114 cm³/mol. The number of carbonyl (C=O) groups is 1. The molecule has 0 aliphatic carbocycles. The number of aliphatic hydroxyl groups is 2. The van der Waals surface area contributed by atoms with Gasteiger partial charge in [-0.3, -0.25) is 19.9 Å². The molecule has 1 fully saturated rings. The maximum absolute atomic E-state index is 12.6. The fraction of sp³-hybridized carbons (Fsp3) is 0.500. The van der Waals surface area contributed by atoms with Gasteiger partial charge in [0.05, 0.1) is 0 Å². The molecule has 3 unspecified atom stereocenters. The number of H-pyrrole nitrogens is 1. The van der Waals surface area contributed by atoms with Crippen molar-refractivity contribution in [2.24, 2.45) is 5.11 Å². The third-order valence-corrected chi connectivity index (χ3v) is 5.45. The van der Waals surface area contributed by atoms with E-state index in [0.717, 1.165) is 0 Å². The van der Waals surface area contributed by atoms with E-state index in [1.807, 2.05) is 0 Å². The lowest BCUT2D eigenvalue weighted by atomic mass is 9.86. The van der Waals surface area contributed by atoms with Crippen molar-refractivity contribution in [1.82, 2.24) is 10.3 Å².